The van der Waals surface area contributed by atoms with Crippen molar-refractivity contribution in [2.75, 3.05) is 5.32 Å². The number of hydrogen-bond donors (Lipinski definition) is 1. The number of hydrogen-bond acceptors (Lipinski definition) is 2. The lowest BCUT2D eigenvalue weighted by Gasteiger charge is -2.10. The van der Waals surface area contributed by atoms with Gasteiger partial charge in [0.2, 0.25) is 0 Å². The minimum absolute atomic E-state index is 0.113. The first kappa shape index (κ1) is 17.7. The summed E-state index contributed by atoms with van der Waals surface area (Å²) in [6.07, 6.45) is 4.00. The van der Waals surface area contributed by atoms with E-state index < -0.39 is 0 Å². The summed E-state index contributed by atoms with van der Waals surface area (Å²) in [6, 6.07) is 17.6. The van der Waals surface area contributed by atoms with Crippen molar-refractivity contribution in [2.24, 2.45) is 0 Å². The van der Waals surface area contributed by atoms with Crippen molar-refractivity contribution in [1.29, 1.82) is 0 Å². The van der Waals surface area contributed by atoms with E-state index in [0.717, 1.165) is 37.3 Å². The minimum Gasteiger partial charge on any atom is -0.322 e. The van der Waals surface area contributed by atoms with Gasteiger partial charge in [0.05, 0.1) is 5.69 Å². The molecule has 0 bridgehead atoms. The summed E-state index contributed by atoms with van der Waals surface area (Å²) in [6.45, 7) is 4.04. The molecule has 0 saturated heterocycles. The molecule has 0 aliphatic heterocycles. The van der Waals surface area contributed by atoms with Gasteiger partial charge in [-0.25, -0.2) is 4.98 Å². The van der Waals surface area contributed by atoms with Crippen LogP contribution in [0.3, 0.4) is 0 Å². The van der Waals surface area contributed by atoms with Crippen LogP contribution in [-0.2, 0) is 0 Å². The van der Waals surface area contributed by atoms with E-state index in [1.54, 1.807) is 0 Å². The number of nitrogens with one attached hydrogen (secondary N) is 1. The molecule has 4 aromatic rings. The highest BCUT2D eigenvalue weighted by molar-refractivity contribution is 14.1. The fourth-order valence-electron chi connectivity index (χ4n) is 3.00. The van der Waals surface area contributed by atoms with E-state index in [1.807, 2.05) is 85.2 Å². The standard InChI is InChI=1S/C22H18IN3O/c1-14-5-6-17(20-13-26-11-3-4-15(2)21(26)24-20)12-19(14)25-22(27)16-7-9-18(23)10-8-16/h3-13H,1-2H3,(H,25,27). The molecule has 0 aliphatic carbocycles. The van der Waals surface area contributed by atoms with E-state index in [1.165, 1.54) is 0 Å². The van der Waals surface area contributed by atoms with Crippen molar-refractivity contribution in [2.45, 2.75) is 13.8 Å². The highest BCUT2D eigenvalue weighted by atomic mass is 127. The predicted molar refractivity (Wildman–Crippen MR) is 117 cm³/mol. The number of benzene rings is 2. The van der Waals surface area contributed by atoms with Gasteiger partial charge >= 0.3 is 0 Å². The smallest absolute Gasteiger partial charge is 0.255 e. The molecular formula is C22H18IN3O. The average Bonchev–Trinajstić information content (AvgIpc) is 3.10. The topological polar surface area (TPSA) is 46.4 Å². The Kier molecular flexibility index (Phi) is 4.70. The minimum atomic E-state index is -0.113. The molecule has 2 heterocycles. The lowest BCUT2D eigenvalue weighted by atomic mass is 10.1. The first-order chi connectivity index (χ1) is 13.0. The van der Waals surface area contributed by atoms with E-state index in [4.69, 9.17) is 4.98 Å². The van der Waals surface area contributed by atoms with E-state index in [-0.39, 0.29) is 5.91 Å². The summed E-state index contributed by atoms with van der Waals surface area (Å²) in [5, 5.41) is 3.03. The average molecular weight is 467 g/mol. The zero-order chi connectivity index (χ0) is 19.0. The van der Waals surface area contributed by atoms with Crippen LogP contribution in [0, 0.1) is 17.4 Å². The van der Waals surface area contributed by atoms with Gasteiger partial charge in [0.1, 0.15) is 5.65 Å². The molecule has 0 aliphatic rings. The molecule has 0 saturated carbocycles. The van der Waals surface area contributed by atoms with Crippen LogP contribution in [0.2, 0.25) is 0 Å². The zero-order valence-corrected chi connectivity index (χ0v) is 17.2. The predicted octanol–water partition coefficient (Wildman–Crippen LogP) is 5.48. The van der Waals surface area contributed by atoms with Crippen molar-refractivity contribution in [3.05, 3.63) is 87.3 Å². The molecule has 134 valence electrons. The number of aromatic nitrogens is 2. The summed E-state index contributed by atoms with van der Waals surface area (Å²) in [4.78, 5) is 17.3. The Morgan fingerprint density at radius 3 is 2.56 bits per heavy atom. The number of halogens is 1. The lowest BCUT2D eigenvalue weighted by Crippen LogP contribution is -2.12. The normalized spacial score (nSPS) is 10.9. The number of pyridine rings is 1. The van der Waals surface area contributed by atoms with Gasteiger partial charge in [-0.1, -0.05) is 18.2 Å². The van der Waals surface area contributed by atoms with E-state index in [9.17, 15) is 4.79 Å². The van der Waals surface area contributed by atoms with Crippen molar-refractivity contribution in [3.8, 4) is 11.3 Å². The summed E-state index contributed by atoms with van der Waals surface area (Å²) in [5.41, 5.74) is 6.38. The Morgan fingerprint density at radius 1 is 1.04 bits per heavy atom. The molecule has 27 heavy (non-hydrogen) atoms. The highest BCUT2D eigenvalue weighted by Gasteiger charge is 2.11. The number of imidazole rings is 1. The molecule has 4 nitrogen and oxygen atoms in total. The van der Waals surface area contributed by atoms with Crippen LogP contribution >= 0.6 is 22.6 Å². The molecule has 2 aromatic carbocycles. The molecule has 2 aromatic heterocycles. The Balaban J connectivity index is 1.67. The monoisotopic (exact) mass is 467 g/mol. The molecular weight excluding hydrogens is 449 g/mol. The van der Waals surface area contributed by atoms with Crippen LogP contribution in [0.1, 0.15) is 21.5 Å². The molecule has 1 N–H and O–H groups in total. The van der Waals surface area contributed by atoms with E-state index in [2.05, 4.69) is 27.9 Å². The number of nitrogens with zero attached hydrogens (tertiary/aromatic N) is 2. The summed E-state index contributed by atoms with van der Waals surface area (Å²) < 4.78 is 3.12. The van der Waals surface area contributed by atoms with Crippen molar-refractivity contribution in [1.82, 2.24) is 9.38 Å². The maximum atomic E-state index is 12.6. The van der Waals surface area contributed by atoms with Gasteiger partial charge in [-0.15, -0.1) is 0 Å². The Labute approximate surface area is 171 Å². The van der Waals surface area contributed by atoms with Crippen LogP contribution in [0.15, 0.2) is 67.0 Å². The number of carbonyl (C=O) groups is 1. The SMILES string of the molecule is Cc1ccc(-c2cn3cccc(C)c3n2)cc1NC(=O)c1ccc(I)cc1. The van der Waals surface area contributed by atoms with Crippen molar-refractivity contribution < 1.29 is 4.79 Å². The number of anilines is 1. The maximum absolute atomic E-state index is 12.6. The molecule has 5 heteroatoms. The Morgan fingerprint density at radius 2 is 1.81 bits per heavy atom. The molecule has 4 rings (SSSR count). The quantitative estimate of drug-likeness (QED) is 0.406. The largest absolute Gasteiger partial charge is 0.322 e. The second-order valence-corrected chi connectivity index (χ2v) is 7.78. The summed E-state index contributed by atoms with van der Waals surface area (Å²) >= 11 is 2.23. The third kappa shape index (κ3) is 3.60. The van der Waals surface area contributed by atoms with Gasteiger partial charge < -0.3 is 9.72 Å². The van der Waals surface area contributed by atoms with Crippen molar-refractivity contribution >= 4 is 39.8 Å². The first-order valence-corrected chi connectivity index (χ1v) is 9.71. The van der Waals surface area contributed by atoms with Gasteiger partial charge in [-0.2, -0.15) is 0 Å². The number of aryl methyl sites for hydroxylation is 2. The van der Waals surface area contributed by atoms with E-state index >= 15 is 0 Å². The second kappa shape index (κ2) is 7.15. The molecule has 0 unspecified atom stereocenters. The number of amides is 1. The fourth-order valence-corrected chi connectivity index (χ4v) is 3.36. The number of carbonyl (C=O) groups excluding carboxylic acids is 1. The van der Waals surface area contributed by atoms with Gasteiger partial charge in [0.25, 0.3) is 5.91 Å². The van der Waals surface area contributed by atoms with Crippen LogP contribution in [-0.4, -0.2) is 15.3 Å². The summed E-state index contributed by atoms with van der Waals surface area (Å²) in [5.74, 6) is -0.113. The molecule has 0 spiro atoms. The third-order valence-corrected chi connectivity index (χ3v) is 5.29. The zero-order valence-electron chi connectivity index (χ0n) is 15.0. The van der Waals surface area contributed by atoms with Crippen LogP contribution in [0.4, 0.5) is 5.69 Å². The van der Waals surface area contributed by atoms with Crippen molar-refractivity contribution in [3.63, 3.8) is 0 Å². The Bertz CT molecular complexity index is 1150. The fraction of sp³-hybridized carbons (Fsp3) is 0.0909. The second-order valence-electron chi connectivity index (χ2n) is 6.54. The van der Waals surface area contributed by atoms with E-state index in [0.29, 0.717) is 5.56 Å². The third-order valence-electron chi connectivity index (χ3n) is 4.57. The van der Waals surface area contributed by atoms with Gasteiger partial charge in [-0.3, -0.25) is 4.79 Å². The molecule has 0 atom stereocenters. The first-order valence-electron chi connectivity index (χ1n) is 8.63. The molecule has 0 fully saturated rings. The molecule has 0 radical (unpaired) electrons. The van der Waals surface area contributed by atoms with Gasteiger partial charge in [0, 0.05) is 32.8 Å². The number of rotatable bonds is 3. The Hall–Kier alpha value is -2.67. The van der Waals surface area contributed by atoms with Crippen LogP contribution < -0.4 is 5.32 Å². The molecule has 1 amide bonds. The van der Waals surface area contributed by atoms with Crippen LogP contribution in [0.5, 0.6) is 0 Å². The summed E-state index contributed by atoms with van der Waals surface area (Å²) in [7, 11) is 0. The van der Waals surface area contributed by atoms with Gasteiger partial charge in [-0.05, 0) is 84.0 Å². The van der Waals surface area contributed by atoms with Crippen LogP contribution in [0.25, 0.3) is 16.9 Å². The number of fused-ring (bicyclic) bond motifs is 1. The highest BCUT2D eigenvalue weighted by Crippen LogP contribution is 2.26. The lowest BCUT2D eigenvalue weighted by molar-refractivity contribution is 0.102. The maximum Gasteiger partial charge on any atom is 0.255 e. The van der Waals surface area contributed by atoms with Gasteiger partial charge in [0.15, 0.2) is 0 Å².